The number of thioether (sulfide) groups is 1. The molecule has 2 unspecified atom stereocenters. The summed E-state index contributed by atoms with van der Waals surface area (Å²) in [6, 6.07) is 2.25. The van der Waals surface area contributed by atoms with Crippen LogP contribution in [0.2, 0.25) is 0 Å². The third kappa shape index (κ3) is 3.89. The van der Waals surface area contributed by atoms with Gasteiger partial charge in [0.2, 0.25) is 0 Å². The van der Waals surface area contributed by atoms with Gasteiger partial charge in [-0.15, -0.1) is 0 Å². The van der Waals surface area contributed by atoms with Crippen molar-refractivity contribution in [3.8, 4) is 6.07 Å². The van der Waals surface area contributed by atoms with Crippen molar-refractivity contribution in [1.29, 1.82) is 5.26 Å². The summed E-state index contributed by atoms with van der Waals surface area (Å²) < 4.78 is 35.9. The fourth-order valence-corrected chi connectivity index (χ4v) is 3.06. The number of nitrogens with zero attached hydrogens (tertiary/aromatic N) is 1. The molecule has 5 heteroatoms. The van der Waals surface area contributed by atoms with E-state index in [0.29, 0.717) is 12.3 Å². The van der Waals surface area contributed by atoms with E-state index >= 15 is 0 Å². The summed E-state index contributed by atoms with van der Waals surface area (Å²) in [5, 5.41) is 9.12. The second-order valence-electron chi connectivity index (χ2n) is 4.45. The third-order valence-corrected chi connectivity index (χ3v) is 4.11. The lowest BCUT2D eigenvalue weighted by Crippen LogP contribution is -2.16. The Kier molecular flexibility index (Phi) is 4.54. The van der Waals surface area contributed by atoms with Crippen LogP contribution in [0, 0.1) is 22.7 Å². The minimum Gasteiger partial charge on any atom is -0.198 e. The van der Waals surface area contributed by atoms with E-state index in [1.54, 1.807) is 0 Å². The Morgan fingerprint density at radius 3 is 2.62 bits per heavy atom. The molecule has 0 heterocycles. The Balaban J connectivity index is 2.42. The van der Waals surface area contributed by atoms with Crippen LogP contribution in [-0.2, 0) is 0 Å². The first-order valence-corrected chi connectivity index (χ1v) is 6.51. The van der Waals surface area contributed by atoms with Gasteiger partial charge in [-0.3, -0.25) is 0 Å². The molecule has 0 radical (unpaired) electrons. The van der Waals surface area contributed by atoms with Crippen LogP contribution in [0.1, 0.15) is 39.0 Å². The zero-order valence-electron chi connectivity index (χ0n) is 9.31. The monoisotopic (exact) mass is 251 g/mol. The van der Waals surface area contributed by atoms with Crippen LogP contribution in [0.5, 0.6) is 0 Å². The Morgan fingerprint density at radius 1 is 1.50 bits per heavy atom. The summed E-state index contributed by atoms with van der Waals surface area (Å²) in [6.07, 6.45) is 3.92. The summed E-state index contributed by atoms with van der Waals surface area (Å²) in [5.74, 6) is 0.531. The largest absolute Gasteiger partial charge is 0.441 e. The van der Waals surface area contributed by atoms with Crippen molar-refractivity contribution in [2.45, 2.75) is 44.5 Å². The van der Waals surface area contributed by atoms with Crippen molar-refractivity contribution in [1.82, 2.24) is 0 Å². The highest BCUT2D eigenvalue weighted by Crippen LogP contribution is 2.46. The van der Waals surface area contributed by atoms with Crippen molar-refractivity contribution in [3.05, 3.63) is 0 Å². The second kappa shape index (κ2) is 5.31. The van der Waals surface area contributed by atoms with Crippen LogP contribution >= 0.6 is 11.8 Å². The van der Waals surface area contributed by atoms with Gasteiger partial charge in [0.05, 0.1) is 11.5 Å². The quantitative estimate of drug-likeness (QED) is 0.741. The highest BCUT2D eigenvalue weighted by Gasteiger charge is 2.39. The van der Waals surface area contributed by atoms with Gasteiger partial charge >= 0.3 is 5.51 Å². The molecule has 0 saturated heterocycles. The zero-order valence-corrected chi connectivity index (χ0v) is 10.1. The predicted molar refractivity (Wildman–Crippen MR) is 58.8 cm³/mol. The van der Waals surface area contributed by atoms with Crippen LogP contribution in [-0.4, -0.2) is 11.3 Å². The molecule has 1 rings (SSSR count). The van der Waals surface area contributed by atoms with Crippen LogP contribution < -0.4 is 0 Å². The molecule has 0 aromatic rings. The molecule has 1 nitrogen and oxygen atoms in total. The van der Waals surface area contributed by atoms with Gasteiger partial charge < -0.3 is 0 Å². The van der Waals surface area contributed by atoms with Crippen molar-refractivity contribution in [2.75, 3.05) is 5.75 Å². The van der Waals surface area contributed by atoms with Gasteiger partial charge in [0.25, 0.3) is 0 Å². The lowest BCUT2D eigenvalue weighted by Gasteiger charge is -2.20. The van der Waals surface area contributed by atoms with Gasteiger partial charge in [0.1, 0.15) is 0 Å². The van der Waals surface area contributed by atoms with Crippen LogP contribution in [0.4, 0.5) is 13.2 Å². The summed E-state index contributed by atoms with van der Waals surface area (Å²) in [7, 11) is 0. The van der Waals surface area contributed by atoms with E-state index in [-0.39, 0.29) is 17.5 Å². The van der Waals surface area contributed by atoms with Gasteiger partial charge in [-0.05, 0) is 31.6 Å². The lowest BCUT2D eigenvalue weighted by atomic mass is 9.84. The van der Waals surface area contributed by atoms with Crippen LogP contribution in [0.3, 0.4) is 0 Å². The van der Waals surface area contributed by atoms with E-state index in [1.807, 2.05) is 0 Å². The smallest absolute Gasteiger partial charge is 0.198 e. The molecule has 1 aliphatic rings. The SMILES string of the molecule is CCC1CCC(C#N)(CCSC(F)(F)F)C1. The molecule has 0 aliphatic heterocycles. The van der Waals surface area contributed by atoms with Gasteiger partial charge in [-0.1, -0.05) is 25.1 Å². The Bertz CT molecular complexity index is 271. The molecular formula is C11H16F3NS. The molecule has 1 saturated carbocycles. The van der Waals surface area contributed by atoms with Crippen molar-refractivity contribution in [2.24, 2.45) is 11.3 Å². The molecule has 16 heavy (non-hydrogen) atoms. The van der Waals surface area contributed by atoms with Crippen LogP contribution in [0.25, 0.3) is 0 Å². The average molecular weight is 251 g/mol. The molecule has 0 aromatic carbocycles. The number of hydrogen-bond donors (Lipinski definition) is 0. The molecule has 0 bridgehead atoms. The molecule has 0 N–H and O–H groups in total. The highest BCUT2D eigenvalue weighted by atomic mass is 32.2. The van der Waals surface area contributed by atoms with Gasteiger partial charge in [-0.2, -0.15) is 18.4 Å². The van der Waals surface area contributed by atoms with E-state index in [4.69, 9.17) is 5.26 Å². The number of rotatable bonds is 4. The average Bonchev–Trinajstić information content (AvgIpc) is 2.60. The summed E-state index contributed by atoms with van der Waals surface area (Å²) in [5.41, 5.74) is -4.65. The minimum atomic E-state index is -4.17. The first-order valence-electron chi connectivity index (χ1n) is 5.53. The Labute approximate surface area is 98.4 Å². The molecule has 92 valence electrons. The fourth-order valence-electron chi connectivity index (χ4n) is 2.33. The summed E-state index contributed by atoms with van der Waals surface area (Å²) >= 11 is -0.00795. The first-order chi connectivity index (χ1) is 7.41. The highest BCUT2D eigenvalue weighted by molar-refractivity contribution is 8.00. The Morgan fingerprint density at radius 2 is 2.19 bits per heavy atom. The third-order valence-electron chi connectivity index (χ3n) is 3.37. The summed E-state index contributed by atoms with van der Waals surface area (Å²) in [4.78, 5) is 0. The molecule has 1 aliphatic carbocycles. The van der Waals surface area contributed by atoms with E-state index in [9.17, 15) is 13.2 Å². The fraction of sp³-hybridized carbons (Fsp3) is 0.909. The number of hydrogen-bond acceptors (Lipinski definition) is 2. The predicted octanol–water partition coefficient (Wildman–Crippen LogP) is 4.35. The topological polar surface area (TPSA) is 23.8 Å². The zero-order chi connectivity index (χ0) is 12.2. The molecular weight excluding hydrogens is 235 g/mol. The van der Waals surface area contributed by atoms with Crippen molar-refractivity contribution < 1.29 is 13.2 Å². The molecule has 0 aromatic heterocycles. The van der Waals surface area contributed by atoms with Gasteiger partial charge in [0, 0.05) is 5.75 Å². The van der Waals surface area contributed by atoms with E-state index < -0.39 is 10.9 Å². The molecule has 2 atom stereocenters. The minimum absolute atomic E-state index is 0.00743. The standard InChI is InChI=1S/C11H16F3NS/c1-2-9-3-4-10(7-9,8-15)5-6-16-11(12,13)14/h9H,2-7H2,1H3. The maximum absolute atomic E-state index is 12.0. The van der Waals surface area contributed by atoms with Crippen LogP contribution in [0.15, 0.2) is 0 Å². The molecule has 0 amide bonds. The van der Waals surface area contributed by atoms with Crippen molar-refractivity contribution >= 4 is 11.8 Å². The second-order valence-corrected chi connectivity index (χ2v) is 5.61. The van der Waals surface area contributed by atoms with E-state index in [1.165, 1.54) is 0 Å². The number of alkyl halides is 3. The van der Waals surface area contributed by atoms with E-state index in [0.717, 1.165) is 25.7 Å². The maximum Gasteiger partial charge on any atom is 0.441 e. The molecule has 0 spiro atoms. The number of halogens is 3. The first kappa shape index (κ1) is 13.7. The normalized spacial score (nSPS) is 30.3. The number of nitriles is 1. The van der Waals surface area contributed by atoms with Crippen molar-refractivity contribution in [3.63, 3.8) is 0 Å². The van der Waals surface area contributed by atoms with Gasteiger partial charge in [-0.25, -0.2) is 0 Å². The lowest BCUT2D eigenvalue weighted by molar-refractivity contribution is -0.0328. The molecule has 1 fully saturated rings. The Hall–Kier alpha value is -0.370. The van der Waals surface area contributed by atoms with E-state index in [2.05, 4.69) is 13.0 Å². The summed E-state index contributed by atoms with van der Waals surface area (Å²) in [6.45, 7) is 2.07. The van der Waals surface area contributed by atoms with Gasteiger partial charge in [0.15, 0.2) is 0 Å². The maximum atomic E-state index is 12.0.